The lowest BCUT2D eigenvalue weighted by molar-refractivity contribution is 0.112. The lowest BCUT2D eigenvalue weighted by atomic mass is 9.97. The molecular formula is C17H29N3O. The largest absolute Gasteiger partial charge is 0.365 e. The molecule has 0 radical (unpaired) electrons. The molecule has 4 nitrogen and oxygen atoms in total. The van der Waals surface area contributed by atoms with Crippen molar-refractivity contribution in [2.45, 2.75) is 72.4 Å². The summed E-state index contributed by atoms with van der Waals surface area (Å²) < 4.78 is 0. The summed E-state index contributed by atoms with van der Waals surface area (Å²) in [5.41, 5.74) is 1.43. The van der Waals surface area contributed by atoms with Gasteiger partial charge in [-0.15, -0.1) is 0 Å². The van der Waals surface area contributed by atoms with Crippen molar-refractivity contribution in [3.63, 3.8) is 0 Å². The van der Waals surface area contributed by atoms with E-state index >= 15 is 0 Å². The van der Waals surface area contributed by atoms with E-state index in [1.54, 1.807) is 0 Å². The lowest BCUT2D eigenvalue weighted by Crippen LogP contribution is -2.30. The molecular weight excluding hydrogens is 262 g/mol. The first kappa shape index (κ1) is 17.5. The zero-order valence-corrected chi connectivity index (χ0v) is 14.6. The molecule has 2 N–H and O–H groups in total. The molecule has 0 aromatic carbocycles. The molecule has 0 bridgehead atoms. The van der Waals surface area contributed by atoms with Crippen LogP contribution in [0, 0.1) is 0 Å². The highest BCUT2D eigenvalue weighted by Gasteiger charge is 2.20. The van der Waals surface area contributed by atoms with E-state index < -0.39 is 0 Å². The summed E-state index contributed by atoms with van der Waals surface area (Å²) in [6.45, 7) is 16.6. The number of nitrogens with one attached hydrogen (secondary N) is 2. The molecule has 1 heterocycles. The van der Waals surface area contributed by atoms with Crippen LogP contribution in [0.2, 0.25) is 0 Å². The van der Waals surface area contributed by atoms with E-state index in [-0.39, 0.29) is 17.0 Å². The van der Waals surface area contributed by atoms with E-state index in [1.807, 2.05) is 6.07 Å². The van der Waals surface area contributed by atoms with Gasteiger partial charge in [-0.1, -0.05) is 13.8 Å². The first-order valence-electron chi connectivity index (χ1n) is 7.49. The maximum absolute atomic E-state index is 11.5. The molecule has 0 atom stereocenters. The highest BCUT2D eigenvalue weighted by molar-refractivity contribution is 5.86. The van der Waals surface area contributed by atoms with E-state index in [2.05, 4.69) is 71.0 Å². The molecule has 0 amide bonds. The Morgan fingerprint density at radius 1 is 1.05 bits per heavy atom. The quantitative estimate of drug-likeness (QED) is 0.805. The summed E-state index contributed by atoms with van der Waals surface area (Å²) in [7, 11) is 0. The first-order valence-corrected chi connectivity index (χ1v) is 7.49. The number of aromatic nitrogens is 1. The van der Waals surface area contributed by atoms with Gasteiger partial charge in [0.1, 0.15) is 11.6 Å². The summed E-state index contributed by atoms with van der Waals surface area (Å²) in [5.74, 6) is 1.70. The Bertz CT molecular complexity index is 508. The minimum atomic E-state index is -0.153. The number of anilines is 2. The van der Waals surface area contributed by atoms with Gasteiger partial charge in [-0.05, 0) is 59.1 Å². The molecule has 1 rings (SSSR count). The van der Waals surface area contributed by atoms with Gasteiger partial charge in [0.05, 0.1) is 5.56 Å². The topological polar surface area (TPSA) is 54.0 Å². The Morgan fingerprint density at radius 3 is 1.95 bits per heavy atom. The zero-order valence-electron chi connectivity index (χ0n) is 14.6. The molecule has 4 heteroatoms. The fourth-order valence-electron chi connectivity index (χ4n) is 2.07. The van der Waals surface area contributed by atoms with Crippen molar-refractivity contribution < 1.29 is 4.79 Å². The summed E-state index contributed by atoms with van der Waals surface area (Å²) in [6.07, 6.45) is 0.900. The maximum Gasteiger partial charge on any atom is 0.154 e. The third kappa shape index (κ3) is 5.37. The summed E-state index contributed by atoms with van der Waals surface area (Å²) in [6, 6.07) is 1.98. The predicted molar refractivity (Wildman–Crippen MR) is 90.5 cm³/mol. The fraction of sp³-hybridized carbons (Fsp3) is 0.647. The zero-order chi connectivity index (χ0) is 16.4. The number of aldehydes is 1. The predicted octanol–water partition coefficient (Wildman–Crippen LogP) is 4.44. The van der Waals surface area contributed by atoms with Gasteiger partial charge in [-0.25, -0.2) is 4.98 Å². The molecule has 21 heavy (non-hydrogen) atoms. The lowest BCUT2D eigenvalue weighted by Gasteiger charge is -2.27. The van der Waals surface area contributed by atoms with Gasteiger partial charge in [0.15, 0.2) is 6.29 Å². The Balaban J connectivity index is 3.40. The molecule has 1 aromatic heterocycles. The molecule has 0 aliphatic heterocycles. The van der Waals surface area contributed by atoms with Crippen LogP contribution in [-0.2, 0) is 0 Å². The van der Waals surface area contributed by atoms with Crippen molar-refractivity contribution in [2.75, 3.05) is 10.6 Å². The standard InChI is InChI=1S/C17H29N3O/c1-11(2)12-9-14(19-16(3,4)5)18-15(13(12)10-21)20-17(6,7)8/h9-11H,1-8H3,(H2,18,19,20). The number of carbonyl (C=O) groups excluding carboxylic acids is 1. The molecule has 1 aromatic rings. The minimum Gasteiger partial charge on any atom is -0.365 e. The smallest absolute Gasteiger partial charge is 0.154 e. The van der Waals surface area contributed by atoms with E-state index in [1.165, 1.54) is 0 Å². The number of pyridine rings is 1. The molecule has 0 aliphatic carbocycles. The fourth-order valence-corrected chi connectivity index (χ4v) is 2.07. The van der Waals surface area contributed by atoms with Crippen LogP contribution < -0.4 is 10.6 Å². The van der Waals surface area contributed by atoms with Crippen molar-refractivity contribution >= 4 is 17.9 Å². The van der Waals surface area contributed by atoms with Gasteiger partial charge in [-0.2, -0.15) is 0 Å². The van der Waals surface area contributed by atoms with Gasteiger partial charge in [0.2, 0.25) is 0 Å². The van der Waals surface area contributed by atoms with E-state index in [0.29, 0.717) is 11.4 Å². The van der Waals surface area contributed by atoms with Gasteiger partial charge in [0, 0.05) is 11.1 Å². The van der Waals surface area contributed by atoms with Gasteiger partial charge >= 0.3 is 0 Å². The first-order chi connectivity index (χ1) is 9.43. The van der Waals surface area contributed by atoms with Crippen LogP contribution in [0.15, 0.2) is 6.07 Å². The van der Waals surface area contributed by atoms with Crippen LogP contribution in [0.1, 0.15) is 77.2 Å². The summed E-state index contributed by atoms with van der Waals surface area (Å²) in [5, 5.41) is 6.73. The Hall–Kier alpha value is -1.58. The summed E-state index contributed by atoms with van der Waals surface area (Å²) >= 11 is 0. The monoisotopic (exact) mass is 291 g/mol. The van der Waals surface area contributed by atoms with Crippen molar-refractivity contribution in [3.8, 4) is 0 Å². The van der Waals surface area contributed by atoms with Crippen molar-refractivity contribution in [3.05, 3.63) is 17.2 Å². The van der Waals surface area contributed by atoms with Crippen molar-refractivity contribution in [1.82, 2.24) is 4.98 Å². The molecule has 0 saturated heterocycles. The van der Waals surface area contributed by atoms with Crippen LogP contribution in [0.3, 0.4) is 0 Å². The average Bonchev–Trinajstić information content (AvgIpc) is 2.23. The van der Waals surface area contributed by atoms with Crippen LogP contribution in [0.5, 0.6) is 0 Å². The number of carbonyl (C=O) groups is 1. The Kier molecular flexibility index (Phi) is 5.03. The van der Waals surface area contributed by atoms with Gasteiger partial charge in [-0.3, -0.25) is 4.79 Å². The van der Waals surface area contributed by atoms with Crippen molar-refractivity contribution in [2.24, 2.45) is 0 Å². The second-order valence-electron chi connectivity index (χ2n) is 7.88. The second kappa shape index (κ2) is 6.04. The Labute approximate surface area is 128 Å². The van der Waals surface area contributed by atoms with Crippen molar-refractivity contribution in [1.29, 1.82) is 0 Å². The number of rotatable bonds is 4. The number of hydrogen-bond donors (Lipinski definition) is 2. The molecule has 0 unspecified atom stereocenters. The van der Waals surface area contributed by atoms with Crippen LogP contribution >= 0.6 is 0 Å². The third-order valence-corrected chi connectivity index (χ3v) is 2.83. The normalized spacial score (nSPS) is 12.4. The Morgan fingerprint density at radius 2 is 1.57 bits per heavy atom. The number of hydrogen-bond acceptors (Lipinski definition) is 4. The van der Waals surface area contributed by atoms with E-state index in [9.17, 15) is 4.79 Å². The maximum atomic E-state index is 11.5. The average molecular weight is 291 g/mol. The van der Waals surface area contributed by atoms with Crippen LogP contribution in [-0.4, -0.2) is 22.3 Å². The van der Waals surface area contributed by atoms with Crippen LogP contribution in [0.25, 0.3) is 0 Å². The molecule has 0 saturated carbocycles. The second-order valence-corrected chi connectivity index (χ2v) is 7.88. The third-order valence-electron chi connectivity index (χ3n) is 2.83. The minimum absolute atomic E-state index is 0.0804. The van der Waals surface area contributed by atoms with Gasteiger partial charge in [0.25, 0.3) is 0 Å². The van der Waals surface area contributed by atoms with E-state index in [0.717, 1.165) is 17.7 Å². The molecule has 118 valence electrons. The molecule has 0 fully saturated rings. The molecule has 0 aliphatic rings. The number of nitrogens with zero attached hydrogens (tertiary/aromatic N) is 1. The van der Waals surface area contributed by atoms with Gasteiger partial charge < -0.3 is 10.6 Å². The summed E-state index contributed by atoms with van der Waals surface area (Å²) in [4.78, 5) is 16.1. The SMILES string of the molecule is CC(C)c1cc(NC(C)(C)C)nc(NC(C)(C)C)c1C=O. The van der Waals surface area contributed by atoms with Crippen LogP contribution in [0.4, 0.5) is 11.6 Å². The highest BCUT2D eigenvalue weighted by Crippen LogP contribution is 2.29. The highest BCUT2D eigenvalue weighted by atomic mass is 16.1. The van der Waals surface area contributed by atoms with E-state index in [4.69, 9.17) is 0 Å². The molecule has 0 spiro atoms.